The van der Waals surface area contributed by atoms with E-state index >= 15 is 0 Å². The van der Waals surface area contributed by atoms with E-state index in [2.05, 4.69) is 38.1 Å². The number of benzene rings is 2. The highest BCUT2D eigenvalue weighted by Crippen LogP contribution is 2.42. The van der Waals surface area contributed by atoms with Crippen LogP contribution in [0.4, 0.5) is 5.13 Å². The summed E-state index contributed by atoms with van der Waals surface area (Å²) < 4.78 is 1.14. The molecule has 2 atom stereocenters. The molecule has 3 aromatic rings. The second kappa shape index (κ2) is 8.19. The minimum atomic E-state index is -0.0912. The van der Waals surface area contributed by atoms with Gasteiger partial charge in [-0.25, -0.2) is 4.98 Å². The van der Waals surface area contributed by atoms with Gasteiger partial charge in [0.2, 0.25) is 5.91 Å². The van der Waals surface area contributed by atoms with Crippen molar-refractivity contribution in [2.24, 2.45) is 17.8 Å². The van der Waals surface area contributed by atoms with E-state index in [0.29, 0.717) is 25.2 Å². The average Bonchev–Trinajstić information content (AvgIpc) is 3.16. The standard InChI is InChI=1S/C26H28N2O2S/c1-16-11-17(2)24-22(12-16)27-26(31-24)28(15-18-7-4-3-5-8-18)25(30)21-13-19-9-6-10-20(14-21)23(19)29/h3-5,7-8,11-12,19-21H,6,9-10,13-15H2,1-2H3. The highest BCUT2D eigenvalue weighted by Gasteiger charge is 2.42. The second-order valence-electron chi connectivity index (χ2n) is 9.23. The molecule has 5 rings (SSSR count). The number of carbonyl (C=O) groups excluding carboxylic acids is 2. The lowest BCUT2D eigenvalue weighted by Gasteiger charge is -2.38. The zero-order valence-electron chi connectivity index (χ0n) is 18.1. The molecule has 2 aromatic carbocycles. The van der Waals surface area contributed by atoms with Gasteiger partial charge < -0.3 is 0 Å². The van der Waals surface area contributed by atoms with E-state index < -0.39 is 0 Å². The summed E-state index contributed by atoms with van der Waals surface area (Å²) >= 11 is 1.60. The number of rotatable bonds is 4. The molecule has 160 valence electrons. The Morgan fingerprint density at radius 2 is 1.81 bits per heavy atom. The number of hydrogen-bond acceptors (Lipinski definition) is 4. The van der Waals surface area contributed by atoms with Crippen LogP contribution < -0.4 is 4.90 Å². The minimum absolute atomic E-state index is 0.0697. The normalized spacial score (nSPS) is 23.2. The van der Waals surface area contributed by atoms with Gasteiger partial charge in [-0.2, -0.15) is 0 Å². The van der Waals surface area contributed by atoms with Crippen LogP contribution in [0.15, 0.2) is 42.5 Å². The monoisotopic (exact) mass is 432 g/mol. The molecule has 0 spiro atoms. The Morgan fingerprint density at radius 3 is 2.52 bits per heavy atom. The van der Waals surface area contributed by atoms with Crippen LogP contribution in [-0.2, 0) is 16.1 Å². The van der Waals surface area contributed by atoms with Gasteiger partial charge in [0.1, 0.15) is 5.78 Å². The van der Waals surface area contributed by atoms with Crippen LogP contribution in [0, 0.1) is 31.6 Å². The second-order valence-corrected chi connectivity index (χ2v) is 10.2. The van der Waals surface area contributed by atoms with Gasteiger partial charge in [0, 0.05) is 17.8 Å². The average molecular weight is 433 g/mol. The zero-order valence-corrected chi connectivity index (χ0v) is 19.0. The van der Waals surface area contributed by atoms with E-state index in [1.54, 1.807) is 11.3 Å². The number of thiazole rings is 1. The van der Waals surface area contributed by atoms with Gasteiger partial charge in [0.05, 0.1) is 16.8 Å². The van der Waals surface area contributed by atoms with Crippen molar-refractivity contribution in [2.75, 3.05) is 4.90 Å². The Bertz CT molecular complexity index is 1120. The van der Waals surface area contributed by atoms with E-state index in [0.717, 1.165) is 40.2 Å². The van der Waals surface area contributed by atoms with Crippen molar-refractivity contribution in [3.63, 3.8) is 0 Å². The van der Waals surface area contributed by atoms with Crippen molar-refractivity contribution in [2.45, 2.75) is 52.5 Å². The van der Waals surface area contributed by atoms with Gasteiger partial charge in [-0.15, -0.1) is 0 Å². The fraction of sp³-hybridized carbons (Fsp3) is 0.423. The topological polar surface area (TPSA) is 50.3 Å². The molecule has 0 N–H and O–H groups in total. The van der Waals surface area contributed by atoms with Crippen molar-refractivity contribution in [1.29, 1.82) is 0 Å². The number of carbonyl (C=O) groups is 2. The number of anilines is 1. The van der Waals surface area contributed by atoms with E-state index in [-0.39, 0.29) is 23.7 Å². The van der Waals surface area contributed by atoms with Crippen LogP contribution in [0.5, 0.6) is 0 Å². The van der Waals surface area contributed by atoms with Gasteiger partial charge in [-0.1, -0.05) is 54.2 Å². The Balaban J connectivity index is 1.51. The summed E-state index contributed by atoms with van der Waals surface area (Å²) in [5, 5.41) is 0.764. The number of amides is 1. The summed E-state index contributed by atoms with van der Waals surface area (Å²) in [6.07, 6.45) is 4.39. The van der Waals surface area contributed by atoms with Crippen molar-refractivity contribution in [3.05, 3.63) is 59.2 Å². The summed E-state index contributed by atoms with van der Waals surface area (Å²) in [4.78, 5) is 33.2. The molecule has 2 unspecified atom stereocenters. The highest BCUT2D eigenvalue weighted by molar-refractivity contribution is 7.22. The maximum Gasteiger partial charge on any atom is 0.232 e. The lowest BCUT2D eigenvalue weighted by Crippen LogP contribution is -2.44. The third kappa shape index (κ3) is 3.91. The minimum Gasteiger partial charge on any atom is -0.299 e. The lowest BCUT2D eigenvalue weighted by molar-refractivity contribution is -0.136. The van der Waals surface area contributed by atoms with Gasteiger partial charge in [0.25, 0.3) is 0 Å². The maximum absolute atomic E-state index is 13.9. The number of nitrogens with zero attached hydrogens (tertiary/aromatic N) is 2. The molecule has 0 radical (unpaired) electrons. The predicted molar refractivity (Wildman–Crippen MR) is 125 cm³/mol. The first-order valence-corrected chi connectivity index (χ1v) is 12.1. The molecule has 1 amide bonds. The molecule has 0 aliphatic heterocycles. The molecule has 2 fully saturated rings. The van der Waals surface area contributed by atoms with E-state index in [1.807, 2.05) is 23.1 Å². The Hall–Kier alpha value is -2.53. The Morgan fingerprint density at radius 1 is 1.10 bits per heavy atom. The zero-order chi connectivity index (χ0) is 21.5. The Kier molecular flexibility index (Phi) is 5.39. The van der Waals surface area contributed by atoms with Crippen LogP contribution >= 0.6 is 11.3 Å². The summed E-state index contributed by atoms with van der Waals surface area (Å²) in [5.41, 5.74) is 4.43. The molecular formula is C26H28N2O2S. The maximum atomic E-state index is 13.9. The molecule has 2 bridgehead atoms. The van der Waals surface area contributed by atoms with Gasteiger partial charge in [-0.3, -0.25) is 14.5 Å². The van der Waals surface area contributed by atoms with E-state index in [9.17, 15) is 9.59 Å². The first-order chi connectivity index (χ1) is 15.0. The third-order valence-electron chi connectivity index (χ3n) is 6.89. The smallest absolute Gasteiger partial charge is 0.232 e. The molecule has 2 aliphatic rings. The number of aryl methyl sites for hydroxylation is 2. The predicted octanol–water partition coefficient (Wildman–Crippen LogP) is 5.84. The van der Waals surface area contributed by atoms with Crippen LogP contribution in [0.2, 0.25) is 0 Å². The molecule has 0 saturated heterocycles. The van der Waals surface area contributed by atoms with Crippen molar-refractivity contribution in [1.82, 2.24) is 4.98 Å². The molecule has 4 nitrogen and oxygen atoms in total. The van der Waals surface area contributed by atoms with Gasteiger partial charge in [-0.05, 0) is 62.3 Å². The van der Waals surface area contributed by atoms with Crippen LogP contribution in [0.3, 0.4) is 0 Å². The number of Topliss-reactive ketones (excluding diaryl/α,β-unsaturated/α-hetero) is 1. The van der Waals surface area contributed by atoms with Crippen molar-refractivity contribution >= 4 is 38.4 Å². The van der Waals surface area contributed by atoms with E-state index in [4.69, 9.17) is 4.98 Å². The number of fused-ring (bicyclic) bond motifs is 3. The quantitative estimate of drug-likeness (QED) is 0.520. The molecule has 2 aliphatic carbocycles. The number of aromatic nitrogens is 1. The van der Waals surface area contributed by atoms with Crippen LogP contribution in [0.1, 0.15) is 48.8 Å². The molecule has 1 aromatic heterocycles. The lowest BCUT2D eigenvalue weighted by atomic mass is 9.67. The number of hydrogen-bond donors (Lipinski definition) is 0. The molecule has 1 heterocycles. The van der Waals surface area contributed by atoms with Crippen molar-refractivity contribution < 1.29 is 9.59 Å². The largest absolute Gasteiger partial charge is 0.299 e. The first-order valence-electron chi connectivity index (χ1n) is 11.3. The summed E-state index contributed by atoms with van der Waals surface area (Å²) in [7, 11) is 0. The van der Waals surface area contributed by atoms with Crippen molar-refractivity contribution in [3.8, 4) is 0 Å². The molecule has 31 heavy (non-hydrogen) atoms. The third-order valence-corrected chi connectivity index (χ3v) is 8.12. The van der Waals surface area contributed by atoms with Crippen LogP contribution in [-0.4, -0.2) is 16.7 Å². The van der Waals surface area contributed by atoms with Gasteiger partial charge >= 0.3 is 0 Å². The first kappa shape index (κ1) is 20.4. The van der Waals surface area contributed by atoms with Crippen LogP contribution in [0.25, 0.3) is 10.2 Å². The summed E-state index contributed by atoms with van der Waals surface area (Å²) in [6, 6.07) is 14.4. The molecular weight excluding hydrogens is 404 g/mol. The summed E-state index contributed by atoms with van der Waals surface area (Å²) in [6.45, 7) is 4.70. The Labute approximate surface area is 187 Å². The fourth-order valence-corrected chi connectivity index (χ4v) is 6.41. The number of ketones is 1. The fourth-order valence-electron chi connectivity index (χ4n) is 5.39. The molecule has 5 heteroatoms. The summed E-state index contributed by atoms with van der Waals surface area (Å²) in [5.74, 6) is 0.574. The van der Waals surface area contributed by atoms with E-state index in [1.165, 1.54) is 11.1 Å². The SMILES string of the molecule is Cc1cc(C)c2sc(N(Cc3ccccc3)C(=O)C3CC4CCCC(C3)C4=O)nc2c1. The van der Waals surface area contributed by atoms with Gasteiger partial charge in [0.15, 0.2) is 5.13 Å². The highest BCUT2D eigenvalue weighted by atomic mass is 32.1. The molecule has 2 saturated carbocycles.